The van der Waals surface area contributed by atoms with E-state index in [2.05, 4.69) is 22.2 Å². The molecule has 1 unspecified atom stereocenters. The van der Waals surface area contributed by atoms with Crippen LogP contribution in [0.5, 0.6) is 5.75 Å². The van der Waals surface area contributed by atoms with E-state index in [4.69, 9.17) is 10.3 Å². The first-order valence-corrected chi connectivity index (χ1v) is 6.91. The van der Waals surface area contributed by atoms with Crippen LogP contribution in [0.25, 0.3) is 21.2 Å². The van der Waals surface area contributed by atoms with Crippen molar-refractivity contribution in [3.8, 4) is 5.75 Å². The Kier molecular flexibility index (Phi) is 3.50. The predicted octanol–water partition coefficient (Wildman–Crippen LogP) is 3.79. The number of aryl methyl sites for hydroxylation is 1. The maximum atomic E-state index is 11.8. The molecule has 0 N–H and O–H groups in total. The molecule has 0 spiro atoms. The van der Waals surface area contributed by atoms with Crippen molar-refractivity contribution in [1.29, 1.82) is 0 Å². The zero-order valence-electron chi connectivity index (χ0n) is 11.7. The lowest BCUT2D eigenvalue weighted by Gasteiger charge is -2.25. The number of amides is 1. The smallest absolute Gasteiger partial charge is 0.222 e. The van der Waals surface area contributed by atoms with Gasteiger partial charge in [-0.25, -0.2) is 0 Å². The second kappa shape index (κ2) is 5.46. The number of rotatable bonds is 2. The van der Waals surface area contributed by atoms with Crippen LogP contribution in [0.2, 0.25) is 0 Å². The Morgan fingerprint density at radius 2 is 2.24 bits per heavy atom. The van der Waals surface area contributed by atoms with Gasteiger partial charge in [-0.15, -0.1) is 0 Å². The molecular formula is C16H15N3O2. The van der Waals surface area contributed by atoms with Crippen molar-refractivity contribution in [3.05, 3.63) is 51.9 Å². The summed E-state index contributed by atoms with van der Waals surface area (Å²) < 4.78 is 5.60. The fraction of sp³-hybridized carbons (Fsp3) is 0.312. The van der Waals surface area contributed by atoms with Crippen LogP contribution in [0, 0.1) is 5.92 Å². The summed E-state index contributed by atoms with van der Waals surface area (Å²) in [6, 6.07) is 10.2. The van der Waals surface area contributed by atoms with E-state index in [1.165, 1.54) is 5.56 Å². The Morgan fingerprint density at radius 1 is 1.43 bits per heavy atom. The first kappa shape index (κ1) is 13.5. The lowest BCUT2D eigenvalue weighted by atomic mass is 9.81. The van der Waals surface area contributed by atoms with Crippen molar-refractivity contribution in [2.24, 2.45) is 11.0 Å². The van der Waals surface area contributed by atoms with Gasteiger partial charge in [0.05, 0.1) is 7.11 Å². The van der Waals surface area contributed by atoms with E-state index >= 15 is 0 Å². The number of azide groups is 1. The normalized spacial score (nSPS) is 16.9. The molecule has 0 heterocycles. The molecule has 21 heavy (non-hydrogen) atoms. The molecule has 1 amide bonds. The SMILES string of the molecule is COc1c2c(cc3ccccc13)CCC(C(=O)N=[N+]=[N-])C2. The maximum Gasteiger partial charge on any atom is 0.222 e. The van der Waals surface area contributed by atoms with Gasteiger partial charge in [0.2, 0.25) is 5.91 Å². The van der Waals surface area contributed by atoms with Crippen molar-refractivity contribution in [1.82, 2.24) is 0 Å². The molecule has 0 bridgehead atoms. The van der Waals surface area contributed by atoms with Crippen molar-refractivity contribution in [3.63, 3.8) is 0 Å². The van der Waals surface area contributed by atoms with Gasteiger partial charge in [-0.1, -0.05) is 30.3 Å². The minimum Gasteiger partial charge on any atom is -0.496 e. The van der Waals surface area contributed by atoms with Crippen molar-refractivity contribution >= 4 is 16.7 Å². The molecule has 0 radical (unpaired) electrons. The number of nitrogens with zero attached hydrogens (tertiary/aromatic N) is 3. The van der Waals surface area contributed by atoms with E-state index in [0.717, 1.165) is 28.5 Å². The van der Waals surface area contributed by atoms with Crippen LogP contribution in [0.4, 0.5) is 0 Å². The lowest BCUT2D eigenvalue weighted by molar-refractivity contribution is -0.122. The molecule has 1 atom stereocenters. The Labute approximate surface area is 122 Å². The van der Waals surface area contributed by atoms with Gasteiger partial charge in [0, 0.05) is 16.2 Å². The van der Waals surface area contributed by atoms with E-state index in [1.54, 1.807) is 7.11 Å². The highest BCUT2D eigenvalue weighted by Crippen LogP contribution is 2.38. The van der Waals surface area contributed by atoms with Gasteiger partial charge in [0.25, 0.3) is 0 Å². The van der Waals surface area contributed by atoms with Crippen LogP contribution < -0.4 is 4.74 Å². The van der Waals surface area contributed by atoms with Crippen LogP contribution >= 0.6 is 0 Å². The van der Waals surface area contributed by atoms with Gasteiger partial charge in [0.15, 0.2) is 0 Å². The summed E-state index contributed by atoms with van der Waals surface area (Å²) in [5, 5.41) is 5.44. The molecule has 5 nitrogen and oxygen atoms in total. The largest absolute Gasteiger partial charge is 0.496 e. The Hall–Kier alpha value is -2.52. The number of hydrogen-bond donors (Lipinski definition) is 0. The molecule has 5 heteroatoms. The molecule has 3 rings (SSSR count). The first-order chi connectivity index (χ1) is 10.2. The highest BCUT2D eigenvalue weighted by Gasteiger charge is 2.27. The van der Waals surface area contributed by atoms with Crippen LogP contribution in [0.3, 0.4) is 0 Å². The molecule has 2 aromatic rings. The number of fused-ring (bicyclic) bond motifs is 2. The monoisotopic (exact) mass is 281 g/mol. The van der Waals surface area contributed by atoms with Crippen LogP contribution in [-0.2, 0) is 17.6 Å². The third kappa shape index (κ3) is 2.32. The third-order valence-electron chi connectivity index (χ3n) is 4.11. The standard InChI is InChI=1S/C16H15N3O2/c1-21-15-13-5-3-2-4-10(13)8-11-6-7-12(9-14(11)15)16(20)18-19-17/h2-5,8,12H,6-7,9H2,1H3. The molecule has 106 valence electrons. The van der Waals surface area contributed by atoms with Crippen molar-refractivity contribution in [2.45, 2.75) is 19.3 Å². The molecule has 2 aromatic carbocycles. The van der Waals surface area contributed by atoms with E-state index in [-0.39, 0.29) is 11.8 Å². The fourth-order valence-corrected chi connectivity index (χ4v) is 3.11. The lowest BCUT2D eigenvalue weighted by Crippen LogP contribution is -2.21. The summed E-state index contributed by atoms with van der Waals surface area (Å²) in [5.41, 5.74) is 10.7. The fourth-order valence-electron chi connectivity index (χ4n) is 3.11. The topological polar surface area (TPSA) is 75.1 Å². The number of carbonyl (C=O) groups is 1. The van der Waals surface area contributed by atoms with Crippen molar-refractivity contribution in [2.75, 3.05) is 7.11 Å². The third-order valence-corrected chi connectivity index (χ3v) is 4.11. The van der Waals surface area contributed by atoms with Crippen LogP contribution in [-0.4, -0.2) is 13.0 Å². The Morgan fingerprint density at radius 3 is 3.00 bits per heavy atom. The quantitative estimate of drug-likeness (QED) is 0.477. The summed E-state index contributed by atoms with van der Waals surface area (Å²) in [6.07, 6.45) is 2.08. The summed E-state index contributed by atoms with van der Waals surface area (Å²) in [7, 11) is 1.65. The second-order valence-electron chi connectivity index (χ2n) is 5.24. The summed E-state index contributed by atoms with van der Waals surface area (Å²) in [6.45, 7) is 0. The highest BCUT2D eigenvalue weighted by molar-refractivity contribution is 5.91. The number of carbonyl (C=O) groups excluding carboxylic acids is 1. The molecule has 0 saturated carbocycles. The van der Waals surface area contributed by atoms with Gasteiger partial charge in [-0.3, -0.25) is 4.79 Å². The Bertz CT molecular complexity index is 763. The average Bonchev–Trinajstić information content (AvgIpc) is 2.52. The molecule has 1 aliphatic carbocycles. The summed E-state index contributed by atoms with van der Waals surface area (Å²) in [4.78, 5) is 14.4. The summed E-state index contributed by atoms with van der Waals surface area (Å²) >= 11 is 0. The zero-order chi connectivity index (χ0) is 14.8. The number of ether oxygens (including phenoxy) is 1. The number of hydrogen-bond acceptors (Lipinski definition) is 2. The van der Waals surface area contributed by atoms with E-state index in [9.17, 15) is 4.79 Å². The average molecular weight is 281 g/mol. The molecule has 0 aromatic heterocycles. The first-order valence-electron chi connectivity index (χ1n) is 6.91. The van der Waals surface area contributed by atoms with Gasteiger partial charge >= 0.3 is 0 Å². The number of methoxy groups -OCH3 is 1. The summed E-state index contributed by atoms with van der Waals surface area (Å²) in [5.74, 6) is 0.211. The van der Waals surface area contributed by atoms with Crippen LogP contribution in [0.15, 0.2) is 35.4 Å². The van der Waals surface area contributed by atoms with Crippen LogP contribution in [0.1, 0.15) is 17.5 Å². The number of benzene rings is 2. The zero-order valence-corrected chi connectivity index (χ0v) is 11.7. The maximum absolute atomic E-state index is 11.8. The van der Waals surface area contributed by atoms with Gasteiger partial charge < -0.3 is 4.74 Å². The van der Waals surface area contributed by atoms with E-state index in [0.29, 0.717) is 12.8 Å². The van der Waals surface area contributed by atoms with Gasteiger partial charge in [-0.05, 0) is 46.4 Å². The second-order valence-corrected chi connectivity index (χ2v) is 5.24. The van der Waals surface area contributed by atoms with Gasteiger partial charge in [0.1, 0.15) is 5.75 Å². The van der Waals surface area contributed by atoms with E-state index < -0.39 is 0 Å². The highest BCUT2D eigenvalue weighted by atomic mass is 16.5. The molecule has 0 fully saturated rings. The molecular weight excluding hydrogens is 266 g/mol. The minimum absolute atomic E-state index is 0.247. The van der Waals surface area contributed by atoms with E-state index in [1.807, 2.05) is 18.2 Å². The molecule has 0 saturated heterocycles. The molecule has 1 aliphatic rings. The molecule has 0 aliphatic heterocycles. The minimum atomic E-state index is -0.377. The van der Waals surface area contributed by atoms with Gasteiger partial charge in [-0.2, -0.15) is 0 Å². The Balaban J connectivity index is 2.10. The van der Waals surface area contributed by atoms with Crippen molar-refractivity contribution < 1.29 is 9.53 Å². The predicted molar refractivity (Wildman–Crippen MR) is 80.2 cm³/mol.